The fraction of sp³-hybridized carbons (Fsp3) is 0.316. The third kappa shape index (κ3) is 2.78. The first-order valence-corrected chi connectivity index (χ1v) is 8.51. The number of likely N-dealkylation sites (tertiary alicyclic amines) is 1. The maximum Gasteiger partial charge on any atom is 0.256 e. The molecule has 2 aromatic heterocycles. The first-order chi connectivity index (χ1) is 12.3. The smallest absolute Gasteiger partial charge is 0.256 e. The molecule has 0 saturated carbocycles. The lowest BCUT2D eigenvalue weighted by Gasteiger charge is -2.32. The Kier molecular flexibility index (Phi) is 3.98. The SMILES string of the molecule is N#CCn1cc(C(=O)N2CCCC(n3cccn3)C2)c2ccccc21. The minimum atomic E-state index is 0.0322. The second-order valence-corrected chi connectivity index (χ2v) is 6.38. The molecule has 1 aliphatic rings. The highest BCUT2D eigenvalue weighted by Gasteiger charge is 2.27. The van der Waals surface area contributed by atoms with E-state index >= 15 is 0 Å². The Bertz CT molecular complexity index is 935. The van der Waals surface area contributed by atoms with E-state index in [-0.39, 0.29) is 18.5 Å². The van der Waals surface area contributed by atoms with E-state index in [1.54, 1.807) is 6.20 Å². The van der Waals surface area contributed by atoms with E-state index in [4.69, 9.17) is 5.26 Å². The number of rotatable bonds is 3. The van der Waals surface area contributed by atoms with Gasteiger partial charge in [0.25, 0.3) is 5.91 Å². The number of aromatic nitrogens is 3. The first-order valence-electron chi connectivity index (χ1n) is 8.51. The fourth-order valence-electron chi connectivity index (χ4n) is 3.65. The number of carbonyl (C=O) groups is 1. The molecule has 1 amide bonds. The monoisotopic (exact) mass is 333 g/mol. The lowest BCUT2D eigenvalue weighted by atomic mass is 10.0. The van der Waals surface area contributed by atoms with Crippen LogP contribution in [0.25, 0.3) is 10.9 Å². The van der Waals surface area contributed by atoms with Gasteiger partial charge in [0.2, 0.25) is 0 Å². The summed E-state index contributed by atoms with van der Waals surface area (Å²) in [4.78, 5) is 15.1. The van der Waals surface area contributed by atoms with Crippen molar-refractivity contribution in [3.05, 3.63) is 54.5 Å². The van der Waals surface area contributed by atoms with Crippen LogP contribution < -0.4 is 0 Å². The molecule has 0 radical (unpaired) electrons. The van der Waals surface area contributed by atoms with Crippen molar-refractivity contribution < 1.29 is 4.79 Å². The highest BCUT2D eigenvalue weighted by Crippen LogP contribution is 2.26. The van der Waals surface area contributed by atoms with Crippen LogP contribution in [0.2, 0.25) is 0 Å². The van der Waals surface area contributed by atoms with Gasteiger partial charge in [0, 0.05) is 42.6 Å². The number of nitriles is 1. The molecule has 1 unspecified atom stereocenters. The largest absolute Gasteiger partial charge is 0.336 e. The van der Waals surface area contributed by atoms with E-state index in [1.165, 1.54) is 0 Å². The molecule has 1 atom stereocenters. The summed E-state index contributed by atoms with van der Waals surface area (Å²) in [5.74, 6) is 0.0322. The van der Waals surface area contributed by atoms with Gasteiger partial charge in [-0.25, -0.2) is 0 Å². The van der Waals surface area contributed by atoms with E-state index in [1.807, 2.05) is 56.9 Å². The van der Waals surface area contributed by atoms with Crippen molar-refractivity contribution in [3.8, 4) is 6.07 Å². The summed E-state index contributed by atoms with van der Waals surface area (Å²) < 4.78 is 3.79. The van der Waals surface area contributed by atoms with Crippen molar-refractivity contribution in [2.24, 2.45) is 0 Å². The molecule has 0 spiro atoms. The third-order valence-corrected chi connectivity index (χ3v) is 4.84. The summed E-state index contributed by atoms with van der Waals surface area (Å²) in [6.07, 6.45) is 7.54. The summed E-state index contributed by atoms with van der Waals surface area (Å²) in [6.45, 7) is 1.66. The summed E-state index contributed by atoms with van der Waals surface area (Å²) in [7, 11) is 0. The standard InChI is InChI=1S/C19H19N5O/c20-8-12-22-14-17(16-6-1-2-7-18(16)22)19(25)23-10-3-5-15(13-23)24-11-4-9-21-24/h1-2,4,6-7,9,11,14-15H,3,5,10,12-13H2. The van der Waals surface area contributed by atoms with Crippen molar-refractivity contribution in [3.63, 3.8) is 0 Å². The molecular weight excluding hydrogens is 314 g/mol. The number of hydrogen-bond acceptors (Lipinski definition) is 3. The molecule has 0 aliphatic carbocycles. The number of para-hydroxylation sites is 1. The van der Waals surface area contributed by atoms with Crippen LogP contribution in [-0.4, -0.2) is 38.2 Å². The lowest BCUT2D eigenvalue weighted by Crippen LogP contribution is -2.40. The number of fused-ring (bicyclic) bond motifs is 1. The number of carbonyl (C=O) groups excluding carboxylic acids is 1. The molecule has 0 N–H and O–H groups in total. The predicted molar refractivity (Wildman–Crippen MR) is 94.0 cm³/mol. The quantitative estimate of drug-likeness (QED) is 0.740. The molecule has 3 heterocycles. The Hall–Kier alpha value is -3.07. The van der Waals surface area contributed by atoms with E-state index in [0.29, 0.717) is 12.1 Å². The number of amides is 1. The van der Waals surface area contributed by atoms with Crippen LogP contribution in [-0.2, 0) is 6.54 Å². The molecule has 1 aromatic carbocycles. The van der Waals surface area contributed by atoms with E-state index in [9.17, 15) is 4.79 Å². The summed E-state index contributed by atoms with van der Waals surface area (Å²) in [5, 5.41) is 14.3. The molecule has 3 aromatic rings. The summed E-state index contributed by atoms with van der Waals surface area (Å²) in [6, 6.07) is 12.1. The van der Waals surface area contributed by atoms with Gasteiger partial charge in [-0.15, -0.1) is 0 Å². The van der Waals surface area contributed by atoms with Gasteiger partial charge in [-0.1, -0.05) is 18.2 Å². The Morgan fingerprint density at radius 3 is 3.00 bits per heavy atom. The van der Waals surface area contributed by atoms with Crippen LogP contribution in [0.1, 0.15) is 29.2 Å². The molecular formula is C19H19N5O. The van der Waals surface area contributed by atoms with Gasteiger partial charge < -0.3 is 9.47 Å². The Balaban J connectivity index is 1.64. The molecule has 4 rings (SSSR count). The van der Waals surface area contributed by atoms with Crippen LogP contribution in [0, 0.1) is 11.3 Å². The number of hydrogen-bond donors (Lipinski definition) is 0. The molecule has 25 heavy (non-hydrogen) atoms. The zero-order valence-corrected chi connectivity index (χ0v) is 13.9. The summed E-state index contributed by atoms with van der Waals surface area (Å²) >= 11 is 0. The van der Waals surface area contributed by atoms with Crippen molar-refractivity contribution in [2.45, 2.75) is 25.4 Å². The number of piperidine rings is 1. The Labute approximate surface area is 145 Å². The molecule has 6 heteroatoms. The Morgan fingerprint density at radius 2 is 2.20 bits per heavy atom. The van der Waals surface area contributed by atoms with Crippen LogP contribution in [0.15, 0.2) is 48.9 Å². The van der Waals surface area contributed by atoms with Gasteiger partial charge in [0.1, 0.15) is 6.54 Å². The minimum absolute atomic E-state index is 0.0322. The number of nitrogens with zero attached hydrogens (tertiary/aromatic N) is 5. The predicted octanol–water partition coefficient (Wildman–Crippen LogP) is 2.84. The fourth-order valence-corrected chi connectivity index (χ4v) is 3.65. The van der Waals surface area contributed by atoms with Gasteiger partial charge in [-0.2, -0.15) is 10.4 Å². The van der Waals surface area contributed by atoms with E-state index in [2.05, 4.69) is 11.2 Å². The summed E-state index contributed by atoms with van der Waals surface area (Å²) in [5.41, 5.74) is 1.60. The van der Waals surface area contributed by atoms with E-state index in [0.717, 1.165) is 30.3 Å². The number of benzene rings is 1. The van der Waals surface area contributed by atoms with Gasteiger partial charge in [-0.05, 0) is 25.0 Å². The van der Waals surface area contributed by atoms with E-state index < -0.39 is 0 Å². The zero-order valence-electron chi connectivity index (χ0n) is 13.9. The average Bonchev–Trinajstić information content (AvgIpc) is 3.30. The van der Waals surface area contributed by atoms with Gasteiger partial charge >= 0.3 is 0 Å². The molecule has 1 fully saturated rings. The molecule has 1 aliphatic heterocycles. The minimum Gasteiger partial charge on any atom is -0.336 e. The molecule has 0 bridgehead atoms. The third-order valence-electron chi connectivity index (χ3n) is 4.84. The maximum atomic E-state index is 13.1. The normalized spacial score (nSPS) is 17.6. The Morgan fingerprint density at radius 1 is 1.32 bits per heavy atom. The second kappa shape index (κ2) is 6.44. The van der Waals surface area contributed by atoms with Crippen molar-refractivity contribution >= 4 is 16.8 Å². The van der Waals surface area contributed by atoms with Gasteiger partial charge in [0.15, 0.2) is 0 Å². The lowest BCUT2D eigenvalue weighted by molar-refractivity contribution is 0.0674. The zero-order chi connectivity index (χ0) is 17.2. The van der Waals surface area contributed by atoms with Crippen molar-refractivity contribution in [2.75, 3.05) is 13.1 Å². The maximum absolute atomic E-state index is 13.1. The van der Waals surface area contributed by atoms with Crippen LogP contribution in [0.4, 0.5) is 0 Å². The molecule has 126 valence electrons. The van der Waals surface area contributed by atoms with Gasteiger partial charge in [0.05, 0.1) is 17.7 Å². The van der Waals surface area contributed by atoms with Crippen molar-refractivity contribution in [1.82, 2.24) is 19.2 Å². The highest BCUT2D eigenvalue weighted by molar-refractivity contribution is 6.07. The van der Waals surface area contributed by atoms with Crippen molar-refractivity contribution in [1.29, 1.82) is 5.26 Å². The molecule has 6 nitrogen and oxygen atoms in total. The average molecular weight is 333 g/mol. The first kappa shape index (κ1) is 15.5. The van der Waals surface area contributed by atoms with Crippen LogP contribution >= 0.6 is 0 Å². The highest BCUT2D eigenvalue weighted by atomic mass is 16.2. The second-order valence-electron chi connectivity index (χ2n) is 6.38. The van der Waals surface area contributed by atoms with Crippen LogP contribution in [0.5, 0.6) is 0 Å². The van der Waals surface area contributed by atoms with Crippen LogP contribution in [0.3, 0.4) is 0 Å². The van der Waals surface area contributed by atoms with Gasteiger partial charge in [-0.3, -0.25) is 9.48 Å². The topological polar surface area (TPSA) is 66.8 Å². The molecule has 1 saturated heterocycles.